The van der Waals surface area contributed by atoms with Crippen LogP contribution in [0.1, 0.15) is 44.7 Å². The first-order valence-corrected chi connectivity index (χ1v) is 9.46. The van der Waals surface area contributed by atoms with Crippen LogP contribution in [0.2, 0.25) is 0 Å². The first-order valence-electron chi connectivity index (χ1n) is 8.72. The highest BCUT2D eigenvalue weighted by Crippen LogP contribution is 2.49. The number of ether oxygens (including phenoxy) is 1. The van der Waals surface area contributed by atoms with E-state index in [0.29, 0.717) is 31.5 Å². The molecule has 1 aromatic rings. The van der Waals surface area contributed by atoms with Gasteiger partial charge in [-0.05, 0) is 45.3 Å². The summed E-state index contributed by atoms with van der Waals surface area (Å²) in [6, 6.07) is 7.34. The van der Waals surface area contributed by atoms with Crippen LogP contribution in [0.4, 0.5) is 18.0 Å². The lowest BCUT2D eigenvalue weighted by molar-refractivity contribution is -0.0376. The maximum absolute atomic E-state index is 12.5. The Bertz CT molecular complexity index is 747. The minimum Gasteiger partial charge on any atom is -0.444 e. The summed E-state index contributed by atoms with van der Waals surface area (Å²) in [5, 5.41) is 0. The Balaban J connectivity index is 1.76. The van der Waals surface area contributed by atoms with Gasteiger partial charge in [-0.3, -0.25) is 0 Å². The normalized spacial score (nSPS) is 18.9. The van der Waals surface area contributed by atoms with Crippen LogP contribution in [0.25, 0.3) is 5.76 Å². The van der Waals surface area contributed by atoms with Gasteiger partial charge in [0, 0.05) is 24.1 Å². The third kappa shape index (κ3) is 4.54. The number of carbonyl (C=O) groups is 1. The van der Waals surface area contributed by atoms with Gasteiger partial charge in [0.25, 0.3) is 0 Å². The number of allylic oxidation sites excluding steroid dienone is 1. The van der Waals surface area contributed by atoms with Gasteiger partial charge in [0.15, 0.2) is 12.0 Å². The zero-order chi connectivity index (χ0) is 19.9. The van der Waals surface area contributed by atoms with E-state index in [0.717, 1.165) is 5.56 Å². The lowest BCUT2D eigenvalue weighted by atomic mass is 9.74. The predicted octanol–water partition coefficient (Wildman–Crippen LogP) is 5.49. The Labute approximate surface area is 160 Å². The summed E-state index contributed by atoms with van der Waals surface area (Å²) >= 11 is -0.499. The molecule has 1 spiro atoms. The molecule has 4 nitrogen and oxygen atoms in total. The highest BCUT2D eigenvalue weighted by atomic mass is 32.2. The summed E-state index contributed by atoms with van der Waals surface area (Å²) in [5.74, 6) is 0.235. The van der Waals surface area contributed by atoms with Crippen molar-refractivity contribution in [3.05, 3.63) is 41.5 Å². The molecule has 0 radical (unpaired) electrons. The van der Waals surface area contributed by atoms with E-state index in [1.165, 1.54) is 0 Å². The van der Waals surface area contributed by atoms with Crippen LogP contribution >= 0.6 is 12.0 Å². The molecule has 8 heteroatoms. The number of amides is 1. The molecule has 1 aliphatic carbocycles. The molecule has 0 saturated carbocycles. The molecule has 1 aliphatic heterocycles. The highest BCUT2D eigenvalue weighted by Gasteiger charge is 2.43. The standard InChI is InChI=1S/C19H22F3NO3S/c1-17(2,3)25-16(24)23-10-8-18(9-11-23)12-15(26-27-19(20,21)22)13-6-4-5-7-14(13)18/h4-7,12H,8-11H2,1-3H3. The molecule has 27 heavy (non-hydrogen) atoms. The lowest BCUT2D eigenvalue weighted by Crippen LogP contribution is -2.45. The molecule has 3 rings (SSSR count). The number of fused-ring (bicyclic) bond motifs is 2. The Kier molecular flexibility index (Phi) is 5.14. The second-order valence-electron chi connectivity index (χ2n) is 7.79. The summed E-state index contributed by atoms with van der Waals surface area (Å²) in [6.45, 7) is 6.38. The highest BCUT2D eigenvalue weighted by molar-refractivity contribution is 7.95. The van der Waals surface area contributed by atoms with Crippen LogP contribution in [-0.4, -0.2) is 35.2 Å². The second-order valence-corrected chi connectivity index (χ2v) is 8.59. The zero-order valence-corrected chi connectivity index (χ0v) is 16.2. The summed E-state index contributed by atoms with van der Waals surface area (Å²) in [4.78, 5) is 13.9. The maximum Gasteiger partial charge on any atom is 0.479 e. The van der Waals surface area contributed by atoms with Crippen molar-refractivity contribution >= 4 is 23.9 Å². The van der Waals surface area contributed by atoms with Crippen molar-refractivity contribution in [2.24, 2.45) is 0 Å². The van der Waals surface area contributed by atoms with E-state index in [2.05, 4.69) is 0 Å². The largest absolute Gasteiger partial charge is 0.479 e. The maximum atomic E-state index is 12.5. The molecule has 1 heterocycles. The van der Waals surface area contributed by atoms with E-state index < -0.39 is 28.6 Å². The van der Waals surface area contributed by atoms with E-state index in [9.17, 15) is 18.0 Å². The fourth-order valence-electron chi connectivity index (χ4n) is 3.53. The molecule has 0 N–H and O–H groups in total. The van der Waals surface area contributed by atoms with Crippen LogP contribution in [0.15, 0.2) is 30.3 Å². The molecule has 1 saturated heterocycles. The van der Waals surface area contributed by atoms with Crippen LogP contribution in [0.3, 0.4) is 0 Å². The smallest absolute Gasteiger partial charge is 0.444 e. The number of carbonyl (C=O) groups excluding carboxylic acids is 1. The van der Waals surface area contributed by atoms with Crippen LogP contribution in [-0.2, 0) is 14.3 Å². The van der Waals surface area contributed by atoms with E-state index in [1.807, 2.05) is 32.9 Å². The number of nitrogens with zero attached hydrogens (tertiary/aromatic N) is 1. The fourth-order valence-corrected chi connectivity index (χ4v) is 3.85. The second kappa shape index (κ2) is 6.96. The topological polar surface area (TPSA) is 38.8 Å². The van der Waals surface area contributed by atoms with Crippen molar-refractivity contribution in [2.45, 2.75) is 50.1 Å². The molecule has 1 aromatic carbocycles. The van der Waals surface area contributed by atoms with Crippen molar-refractivity contribution in [1.29, 1.82) is 0 Å². The fraction of sp³-hybridized carbons (Fsp3) is 0.526. The summed E-state index contributed by atoms with van der Waals surface area (Å²) in [5.41, 5.74) is -3.82. The Morgan fingerprint density at radius 1 is 1.15 bits per heavy atom. The zero-order valence-electron chi connectivity index (χ0n) is 15.4. The average molecular weight is 401 g/mol. The van der Waals surface area contributed by atoms with Crippen LogP contribution in [0, 0.1) is 0 Å². The molecule has 0 aromatic heterocycles. The van der Waals surface area contributed by atoms with Crippen LogP contribution in [0.5, 0.6) is 0 Å². The van der Waals surface area contributed by atoms with E-state index in [-0.39, 0.29) is 11.9 Å². The van der Waals surface area contributed by atoms with Crippen molar-refractivity contribution in [3.63, 3.8) is 0 Å². The number of hydrogen-bond acceptors (Lipinski definition) is 4. The van der Waals surface area contributed by atoms with Gasteiger partial charge in [-0.25, -0.2) is 4.79 Å². The van der Waals surface area contributed by atoms with Crippen LogP contribution < -0.4 is 0 Å². The monoisotopic (exact) mass is 401 g/mol. The Morgan fingerprint density at radius 2 is 1.78 bits per heavy atom. The number of rotatable bonds is 2. The lowest BCUT2D eigenvalue weighted by Gasteiger charge is -2.39. The molecule has 0 bridgehead atoms. The first kappa shape index (κ1) is 19.9. The van der Waals surface area contributed by atoms with Gasteiger partial charge in [-0.1, -0.05) is 24.3 Å². The number of likely N-dealkylation sites (tertiary alicyclic amines) is 1. The molecule has 1 amide bonds. The molecule has 0 atom stereocenters. The molecule has 1 fully saturated rings. The number of hydrogen-bond donors (Lipinski definition) is 0. The minimum atomic E-state index is -4.47. The van der Waals surface area contributed by atoms with Crippen molar-refractivity contribution in [2.75, 3.05) is 13.1 Å². The van der Waals surface area contributed by atoms with Gasteiger partial charge in [-0.2, -0.15) is 13.2 Å². The van der Waals surface area contributed by atoms with Crippen molar-refractivity contribution < 1.29 is 26.9 Å². The number of halogens is 3. The third-order valence-electron chi connectivity index (χ3n) is 4.67. The van der Waals surface area contributed by atoms with E-state index in [1.54, 1.807) is 23.1 Å². The quantitative estimate of drug-likeness (QED) is 0.614. The minimum absolute atomic E-state index is 0.235. The molecular weight excluding hydrogens is 379 g/mol. The van der Waals surface area contributed by atoms with Gasteiger partial charge in [0.05, 0.1) is 0 Å². The Morgan fingerprint density at radius 3 is 2.37 bits per heavy atom. The number of piperidine rings is 1. The molecular formula is C19H22F3NO3S. The van der Waals surface area contributed by atoms with Gasteiger partial charge >= 0.3 is 11.6 Å². The average Bonchev–Trinajstić information content (AvgIpc) is 2.86. The van der Waals surface area contributed by atoms with Gasteiger partial charge in [0.1, 0.15) is 11.4 Å². The summed E-state index contributed by atoms with van der Waals surface area (Å²) in [7, 11) is 0. The Hall–Kier alpha value is -1.83. The van der Waals surface area contributed by atoms with Gasteiger partial charge < -0.3 is 13.8 Å². The van der Waals surface area contributed by atoms with Gasteiger partial charge in [0.2, 0.25) is 0 Å². The summed E-state index contributed by atoms with van der Waals surface area (Å²) < 4.78 is 48.1. The van der Waals surface area contributed by atoms with Gasteiger partial charge in [-0.15, -0.1) is 0 Å². The summed E-state index contributed by atoms with van der Waals surface area (Å²) in [6.07, 6.45) is 2.62. The van der Waals surface area contributed by atoms with E-state index >= 15 is 0 Å². The van der Waals surface area contributed by atoms with E-state index in [4.69, 9.17) is 8.92 Å². The number of alkyl halides is 3. The predicted molar refractivity (Wildman–Crippen MR) is 97.9 cm³/mol. The molecule has 2 aliphatic rings. The number of benzene rings is 1. The molecule has 148 valence electrons. The molecule has 0 unspecified atom stereocenters. The first-order chi connectivity index (χ1) is 12.5. The SMILES string of the molecule is CC(C)(C)OC(=O)N1CCC2(C=C(OSC(F)(F)F)c3ccccc32)CC1. The third-order valence-corrected chi connectivity index (χ3v) is 5.12. The van der Waals surface area contributed by atoms with Crippen molar-refractivity contribution in [1.82, 2.24) is 4.90 Å². The van der Waals surface area contributed by atoms with Crippen molar-refractivity contribution in [3.8, 4) is 0 Å².